The van der Waals surface area contributed by atoms with Gasteiger partial charge in [0.2, 0.25) is 0 Å². The Morgan fingerprint density at radius 2 is 1.83 bits per heavy atom. The predicted octanol–water partition coefficient (Wildman–Crippen LogP) is 3.33. The van der Waals surface area contributed by atoms with E-state index in [1.54, 1.807) is 19.2 Å². The lowest BCUT2D eigenvalue weighted by Crippen LogP contribution is -2.24. The Morgan fingerprint density at radius 1 is 1.08 bits per heavy atom. The maximum absolute atomic E-state index is 13.2. The number of nitrogens with zero attached hydrogens (tertiary/aromatic N) is 2. The third kappa shape index (κ3) is 2.57. The zero-order valence-corrected chi connectivity index (χ0v) is 13.4. The predicted molar refractivity (Wildman–Crippen MR) is 90.9 cm³/mol. The first-order chi connectivity index (χ1) is 11.8. The molecule has 122 valence electrons. The van der Waals surface area contributed by atoms with Crippen LogP contribution in [0.3, 0.4) is 0 Å². The fraction of sp³-hybridized carbons (Fsp3) is 0.211. The third-order valence-electron chi connectivity index (χ3n) is 4.36. The minimum absolute atomic E-state index is 0.239. The lowest BCUT2D eigenvalue weighted by molar-refractivity contribution is 0.415. The van der Waals surface area contributed by atoms with Crippen LogP contribution in [0.5, 0.6) is 5.75 Å². The first-order valence-corrected chi connectivity index (χ1v) is 7.98. The smallest absolute Gasteiger partial charge is 0.123 e. The monoisotopic (exact) mass is 323 g/mol. The highest BCUT2D eigenvalue weighted by Gasteiger charge is 2.22. The average Bonchev–Trinajstić information content (AvgIpc) is 3.02. The summed E-state index contributed by atoms with van der Waals surface area (Å²) in [5.41, 5.74) is 5.29. The summed E-state index contributed by atoms with van der Waals surface area (Å²) in [4.78, 5) is 0. The molecule has 0 saturated heterocycles. The van der Waals surface area contributed by atoms with Gasteiger partial charge in [0.15, 0.2) is 0 Å². The lowest BCUT2D eigenvalue weighted by atomic mass is 10.0. The van der Waals surface area contributed by atoms with Gasteiger partial charge < -0.3 is 10.1 Å². The van der Waals surface area contributed by atoms with Gasteiger partial charge in [-0.05, 0) is 48.5 Å². The molecule has 1 aliphatic rings. The molecule has 0 bridgehead atoms. The molecule has 2 heterocycles. The summed E-state index contributed by atoms with van der Waals surface area (Å²) >= 11 is 0. The molecule has 0 unspecified atom stereocenters. The molecule has 0 fully saturated rings. The lowest BCUT2D eigenvalue weighted by Gasteiger charge is -2.15. The van der Waals surface area contributed by atoms with Gasteiger partial charge in [-0.2, -0.15) is 5.10 Å². The van der Waals surface area contributed by atoms with E-state index in [2.05, 4.69) is 5.32 Å². The molecule has 0 aliphatic carbocycles. The van der Waals surface area contributed by atoms with Gasteiger partial charge in [-0.1, -0.05) is 0 Å². The molecule has 0 spiro atoms. The van der Waals surface area contributed by atoms with Crippen molar-refractivity contribution >= 4 is 0 Å². The van der Waals surface area contributed by atoms with Crippen LogP contribution in [0.25, 0.3) is 16.9 Å². The first kappa shape index (κ1) is 14.9. The molecule has 1 aromatic heterocycles. The van der Waals surface area contributed by atoms with Gasteiger partial charge >= 0.3 is 0 Å². The van der Waals surface area contributed by atoms with Crippen molar-refractivity contribution in [2.75, 3.05) is 13.7 Å². The van der Waals surface area contributed by atoms with Crippen molar-refractivity contribution < 1.29 is 9.13 Å². The molecular weight excluding hydrogens is 305 g/mol. The average molecular weight is 323 g/mol. The van der Waals surface area contributed by atoms with E-state index < -0.39 is 0 Å². The van der Waals surface area contributed by atoms with Crippen molar-refractivity contribution in [3.8, 4) is 22.7 Å². The quantitative estimate of drug-likeness (QED) is 0.803. The molecule has 3 aromatic rings. The summed E-state index contributed by atoms with van der Waals surface area (Å²) in [5, 5.41) is 8.24. The molecule has 1 aliphatic heterocycles. The molecule has 1 N–H and O–H groups in total. The number of hydrogen-bond donors (Lipinski definition) is 1. The largest absolute Gasteiger partial charge is 0.497 e. The summed E-state index contributed by atoms with van der Waals surface area (Å²) in [6.07, 6.45) is 0.899. The standard InChI is InChI=1S/C19H18FN3O/c1-24-16-8-2-13(3-9-16)19-17-12-21-11-10-18(17)23(22-19)15-6-4-14(20)5-7-15/h2-9,21H,10-12H2,1H3. The Hall–Kier alpha value is -2.66. The Labute approximate surface area is 139 Å². The number of hydrogen-bond acceptors (Lipinski definition) is 3. The molecule has 0 saturated carbocycles. The zero-order chi connectivity index (χ0) is 16.5. The fourth-order valence-electron chi connectivity index (χ4n) is 3.12. The van der Waals surface area contributed by atoms with Crippen LogP contribution in [0, 0.1) is 5.82 Å². The van der Waals surface area contributed by atoms with Crippen LogP contribution in [-0.4, -0.2) is 23.4 Å². The van der Waals surface area contributed by atoms with E-state index in [0.717, 1.165) is 42.2 Å². The number of fused-ring (bicyclic) bond motifs is 1. The fourth-order valence-corrected chi connectivity index (χ4v) is 3.12. The van der Waals surface area contributed by atoms with Gasteiger partial charge in [-0.3, -0.25) is 0 Å². The van der Waals surface area contributed by atoms with Gasteiger partial charge in [-0.25, -0.2) is 9.07 Å². The normalized spacial score (nSPS) is 13.6. The van der Waals surface area contributed by atoms with Gasteiger partial charge in [0.25, 0.3) is 0 Å². The van der Waals surface area contributed by atoms with Crippen molar-refractivity contribution in [2.45, 2.75) is 13.0 Å². The topological polar surface area (TPSA) is 39.1 Å². The summed E-state index contributed by atoms with van der Waals surface area (Å²) in [5.74, 6) is 0.584. The zero-order valence-electron chi connectivity index (χ0n) is 13.4. The molecule has 0 amide bonds. The maximum Gasteiger partial charge on any atom is 0.123 e. The number of aromatic nitrogens is 2. The van der Waals surface area contributed by atoms with E-state index in [1.807, 2.05) is 28.9 Å². The van der Waals surface area contributed by atoms with E-state index in [4.69, 9.17) is 9.84 Å². The highest BCUT2D eigenvalue weighted by Crippen LogP contribution is 2.30. The molecule has 0 radical (unpaired) electrons. The van der Waals surface area contributed by atoms with Crippen LogP contribution < -0.4 is 10.1 Å². The second-order valence-corrected chi connectivity index (χ2v) is 5.82. The number of benzene rings is 2. The molecule has 4 nitrogen and oxygen atoms in total. The Bertz CT molecular complexity index is 854. The Morgan fingerprint density at radius 3 is 2.54 bits per heavy atom. The van der Waals surface area contributed by atoms with Crippen molar-refractivity contribution in [3.63, 3.8) is 0 Å². The SMILES string of the molecule is COc1ccc(-c2nn(-c3ccc(F)cc3)c3c2CNCC3)cc1. The summed E-state index contributed by atoms with van der Waals surface area (Å²) in [6.45, 7) is 1.71. The van der Waals surface area contributed by atoms with E-state index in [1.165, 1.54) is 23.4 Å². The van der Waals surface area contributed by atoms with E-state index in [-0.39, 0.29) is 5.82 Å². The van der Waals surface area contributed by atoms with Crippen LogP contribution in [-0.2, 0) is 13.0 Å². The van der Waals surface area contributed by atoms with Crippen molar-refractivity contribution in [1.82, 2.24) is 15.1 Å². The Balaban J connectivity index is 1.84. The molecular formula is C19H18FN3O. The van der Waals surface area contributed by atoms with Crippen molar-refractivity contribution in [3.05, 3.63) is 65.6 Å². The highest BCUT2D eigenvalue weighted by atomic mass is 19.1. The minimum atomic E-state index is -0.239. The van der Waals surface area contributed by atoms with Gasteiger partial charge in [-0.15, -0.1) is 0 Å². The first-order valence-electron chi connectivity index (χ1n) is 7.98. The third-order valence-corrected chi connectivity index (χ3v) is 4.36. The van der Waals surface area contributed by atoms with E-state index in [9.17, 15) is 4.39 Å². The summed E-state index contributed by atoms with van der Waals surface area (Å²) in [6, 6.07) is 14.4. The second kappa shape index (κ2) is 6.09. The summed E-state index contributed by atoms with van der Waals surface area (Å²) in [7, 11) is 1.66. The number of halogens is 1. The number of methoxy groups -OCH3 is 1. The molecule has 4 rings (SSSR count). The van der Waals surface area contributed by atoms with Crippen molar-refractivity contribution in [2.24, 2.45) is 0 Å². The molecule has 5 heteroatoms. The summed E-state index contributed by atoms with van der Waals surface area (Å²) < 4.78 is 20.4. The van der Waals surface area contributed by atoms with Gasteiger partial charge in [0.05, 0.1) is 24.2 Å². The Kier molecular flexibility index (Phi) is 3.78. The molecule has 2 aromatic carbocycles. The second-order valence-electron chi connectivity index (χ2n) is 5.82. The van der Waals surface area contributed by atoms with E-state index >= 15 is 0 Å². The number of ether oxygens (including phenoxy) is 1. The number of rotatable bonds is 3. The van der Waals surface area contributed by atoms with E-state index in [0.29, 0.717) is 0 Å². The van der Waals surface area contributed by atoms with Crippen molar-refractivity contribution in [1.29, 1.82) is 0 Å². The van der Waals surface area contributed by atoms with Gasteiger partial charge in [0.1, 0.15) is 11.6 Å². The molecule has 24 heavy (non-hydrogen) atoms. The highest BCUT2D eigenvalue weighted by molar-refractivity contribution is 5.66. The number of nitrogens with one attached hydrogen (secondary N) is 1. The van der Waals surface area contributed by atoms with Crippen LogP contribution in [0.2, 0.25) is 0 Å². The van der Waals surface area contributed by atoms with Crippen LogP contribution in [0.15, 0.2) is 48.5 Å². The maximum atomic E-state index is 13.2. The minimum Gasteiger partial charge on any atom is -0.497 e. The van der Waals surface area contributed by atoms with Gasteiger partial charge in [0, 0.05) is 30.6 Å². The molecule has 0 atom stereocenters. The van der Waals surface area contributed by atoms with Crippen LogP contribution in [0.4, 0.5) is 4.39 Å². The van der Waals surface area contributed by atoms with Crippen LogP contribution in [0.1, 0.15) is 11.3 Å². The van der Waals surface area contributed by atoms with Crippen LogP contribution >= 0.6 is 0 Å².